The van der Waals surface area contributed by atoms with E-state index < -0.39 is 0 Å². The number of nitrogens with one attached hydrogen (secondary N) is 1. The number of hydrogen-bond donors (Lipinski definition) is 1. The molecule has 2 aromatic rings. The van der Waals surface area contributed by atoms with Crippen molar-refractivity contribution in [1.82, 2.24) is 30.0 Å². The van der Waals surface area contributed by atoms with Gasteiger partial charge in [0.2, 0.25) is 0 Å². The van der Waals surface area contributed by atoms with E-state index >= 15 is 0 Å². The maximum Gasteiger partial charge on any atom is 0.147 e. The van der Waals surface area contributed by atoms with Gasteiger partial charge in [-0.15, -0.1) is 10.2 Å². The Hall–Kier alpha value is -1.82. The second kappa shape index (κ2) is 5.44. The van der Waals surface area contributed by atoms with Gasteiger partial charge in [0, 0.05) is 25.7 Å². The second-order valence-electron chi connectivity index (χ2n) is 4.84. The summed E-state index contributed by atoms with van der Waals surface area (Å²) in [6, 6.07) is 1.93. The molecule has 2 aromatic heterocycles. The summed E-state index contributed by atoms with van der Waals surface area (Å²) in [5.41, 5.74) is 1.01. The normalized spacial score (nSPS) is 14.4. The molecule has 0 radical (unpaired) electrons. The number of fused-ring (bicyclic) bond motifs is 1. The van der Waals surface area contributed by atoms with Crippen molar-refractivity contribution in [1.29, 1.82) is 0 Å². The van der Waals surface area contributed by atoms with Gasteiger partial charge in [0.25, 0.3) is 0 Å². The maximum absolute atomic E-state index is 4.36. The van der Waals surface area contributed by atoms with Gasteiger partial charge in [-0.05, 0) is 25.8 Å². The molecule has 0 saturated carbocycles. The van der Waals surface area contributed by atoms with Gasteiger partial charge in [0.05, 0.1) is 12.2 Å². The highest BCUT2D eigenvalue weighted by Gasteiger charge is 2.14. The van der Waals surface area contributed by atoms with Crippen molar-refractivity contribution in [2.45, 2.75) is 45.8 Å². The number of aryl methyl sites for hydroxylation is 2. The lowest BCUT2D eigenvalue weighted by molar-refractivity contribution is 0.496. The smallest absolute Gasteiger partial charge is 0.147 e. The van der Waals surface area contributed by atoms with E-state index in [0.29, 0.717) is 0 Å². The Morgan fingerprint density at radius 3 is 3.11 bits per heavy atom. The minimum absolute atomic E-state index is 0.728. The van der Waals surface area contributed by atoms with Crippen molar-refractivity contribution in [3.8, 4) is 0 Å². The lowest BCUT2D eigenvalue weighted by Gasteiger charge is -2.14. The van der Waals surface area contributed by atoms with Gasteiger partial charge in [-0.2, -0.15) is 0 Å². The Bertz CT molecular complexity index is 562. The monoisotopic (exact) mass is 258 g/mol. The van der Waals surface area contributed by atoms with Crippen LogP contribution in [0.5, 0.6) is 0 Å². The van der Waals surface area contributed by atoms with Crippen LogP contribution in [-0.2, 0) is 26.1 Å². The van der Waals surface area contributed by atoms with Crippen molar-refractivity contribution in [2.75, 3.05) is 0 Å². The largest absolute Gasteiger partial charge is 0.314 e. The third-order valence-corrected chi connectivity index (χ3v) is 3.36. The summed E-state index contributed by atoms with van der Waals surface area (Å²) in [7, 11) is 0. The van der Waals surface area contributed by atoms with Crippen molar-refractivity contribution in [3.05, 3.63) is 35.4 Å². The predicted octanol–water partition coefficient (Wildman–Crippen LogP) is 1.00. The van der Waals surface area contributed by atoms with E-state index in [-0.39, 0.29) is 0 Å². The number of rotatable bonds is 4. The van der Waals surface area contributed by atoms with Crippen LogP contribution >= 0.6 is 0 Å². The molecule has 6 heteroatoms. The summed E-state index contributed by atoms with van der Waals surface area (Å²) in [4.78, 5) is 8.45. The molecule has 0 bridgehead atoms. The highest BCUT2D eigenvalue weighted by Crippen LogP contribution is 2.13. The molecule has 1 aliphatic heterocycles. The first kappa shape index (κ1) is 12.2. The summed E-state index contributed by atoms with van der Waals surface area (Å²) >= 11 is 0. The van der Waals surface area contributed by atoms with Gasteiger partial charge in [-0.25, -0.2) is 9.97 Å². The minimum atomic E-state index is 0.728. The van der Waals surface area contributed by atoms with Crippen LogP contribution in [-0.4, -0.2) is 24.7 Å². The molecule has 0 atom stereocenters. The molecule has 100 valence electrons. The lowest BCUT2D eigenvalue weighted by Crippen LogP contribution is -2.20. The van der Waals surface area contributed by atoms with Gasteiger partial charge < -0.3 is 9.88 Å². The quantitative estimate of drug-likeness (QED) is 0.886. The van der Waals surface area contributed by atoms with Crippen molar-refractivity contribution >= 4 is 0 Å². The van der Waals surface area contributed by atoms with Crippen molar-refractivity contribution in [3.63, 3.8) is 0 Å². The van der Waals surface area contributed by atoms with Crippen LogP contribution in [0.3, 0.4) is 0 Å². The summed E-state index contributed by atoms with van der Waals surface area (Å²) in [5.74, 6) is 2.96. The van der Waals surface area contributed by atoms with E-state index in [1.807, 2.05) is 13.0 Å². The zero-order chi connectivity index (χ0) is 13.1. The fraction of sp³-hybridized carbons (Fsp3) is 0.538. The topological polar surface area (TPSA) is 68.5 Å². The second-order valence-corrected chi connectivity index (χ2v) is 4.84. The maximum atomic E-state index is 4.36. The van der Waals surface area contributed by atoms with Crippen LogP contribution < -0.4 is 5.32 Å². The Labute approximate surface area is 112 Å². The Morgan fingerprint density at radius 2 is 2.21 bits per heavy atom. The molecule has 19 heavy (non-hydrogen) atoms. The van der Waals surface area contributed by atoms with Crippen LogP contribution in [0.4, 0.5) is 0 Å². The predicted molar refractivity (Wildman–Crippen MR) is 70.3 cm³/mol. The molecular formula is C13H18N6. The standard InChI is InChI=1S/C13H18N6/c1-10-15-6-5-11(16-10)8-14-9-13-18-17-12-4-2-3-7-19(12)13/h5-6,14H,2-4,7-9H2,1H3. The molecule has 0 aliphatic carbocycles. The fourth-order valence-electron chi connectivity index (χ4n) is 2.41. The van der Waals surface area contributed by atoms with E-state index in [4.69, 9.17) is 0 Å². The molecule has 3 rings (SSSR count). The van der Waals surface area contributed by atoms with Crippen LogP contribution in [0.2, 0.25) is 0 Å². The Balaban J connectivity index is 1.59. The molecule has 1 aliphatic rings. The van der Waals surface area contributed by atoms with Crippen LogP contribution in [0.1, 0.15) is 36.0 Å². The molecule has 0 amide bonds. The first-order valence-electron chi connectivity index (χ1n) is 6.73. The summed E-state index contributed by atoms with van der Waals surface area (Å²) in [6.07, 6.45) is 5.30. The molecule has 0 aromatic carbocycles. The van der Waals surface area contributed by atoms with Crippen molar-refractivity contribution in [2.24, 2.45) is 0 Å². The highest BCUT2D eigenvalue weighted by atomic mass is 15.3. The van der Waals surface area contributed by atoms with E-state index in [1.54, 1.807) is 6.20 Å². The summed E-state index contributed by atoms with van der Waals surface area (Å²) in [5, 5.41) is 11.9. The average Bonchev–Trinajstić information content (AvgIpc) is 2.83. The zero-order valence-electron chi connectivity index (χ0n) is 11.1. The number of hydrogen-bond acceptors (Lipinski definition) is 5. The molecule has 0 unspecified atom stereocenters. The summed E-state index contributed by atoms with van der Waals surface area (Å²) < 4.78 is 2.24. The Kier molecular flexibility index (Phi) is 3.50. The van der Waals surface area contributed by atoms with Crippen LogP contribution in [0.25, 0.3) is 0 Å². The molecular weight excluding hydrogens is 240 g/mol. The lowest BCUT2D eigenvalue weighted by atomic mass is 10.2. The summed E-state index contributed by atoms with van der Waals surface area (Å²) in [6.45, 7) is 4.41. The average molecular weight is 258 g/mol. The highest BCUT2D eigenvalue weighted by molar-refractivity contribution is 5.02. The Morgan fingerprint density at radius 1 is 1.26 bits per heavy atom. The first-order chi connectivity index (χ1) is 9.33. The third-order valence-electron chi connectivity index (χ3n) is 3.36. The number of aromatic nitrogens is 5. The minimum Gasteiger partial charge on any atom is -0.314 e. The van der Waals surface area contributed by atoms with Gasteiger partial charge >= 0.3 is 0 Å². The van der Waals surface area contributed by atoms with Crippen LogP contribution in [0, 0.1) is 6.92 Å². The molecule has 6 nitrogen and oxygen atoms in total. The molecule has 0 spiro atoms. The van der Waals surface area contributed by atoms with Crippen molar-refractivity contribution < 1.29 is 0 Å². The zero-order valence-corrected chi connectivity index (χ0v) is 11.1. The molecule has 0 fully saturated rings. The van der Waals surface area contributed by atoms with E-state index in [1.165, 1.54) is 12.8 Å². The molecule has 0 saturated heterocycles. The molecule has 1 N–H and O–H groups in total. The van der Waals surface area contributed by atoms with Gasteiger partial charge in [-0.3, -0.25) is 0 Å². The van der Waals surface area contributed by atoms with E-state index in [9.17, 15) is 0 Å². The first-order valence-corrected chi connectivity index (χ1v) is 6.73. The van der Waals surface area contributed by atoms with Gasteiger partial charge in [-0.1, -0.05) is 0 Å². The molecule has 3 heterocycles. The van der Waals surface area contributed by atoms with Gasteiger partial charge in [0.1, 0.15) is 17.5 Å². The van der Waals surface area contributed by atoms with E-state index in [2.05, 4.69) is 30.0 Å². The number of nitrogens with zero attached hydrogens (tertiary/aromatic N) is 5. The van der Waals surface area contributed by atoms with Crippen LogP contribution in [0.15, 0.2) is 12.3 Å². The fourth-order valence-corrected chi connectivity index (χ4v) is 2.41. The third kappa shape index (κ3) is 2.78. The SMILES string of the molecule is Cc1nccc(CNCc2nnc3n2CCCC3)n1. The van der Waals surface area contributed by atoms with E-state index in [0.717, 1.165) is 49.2 Å². The van der Waals surface area contributed by atoms with Gasteiger partial charge in [0.15, 0.2) is 0 Å².